The molecule has 2 aromatic heterocycles. The molecule has 0 unspecified atom stereocenters. The summed E-state index contributed by atoms with van der Waals surface area (Å²) in [5.41, 5.74) is 12.2. The normalized spacial score (nSPS) is 11.6. The fourth-order valence-electron chi connectivity index (χ4n) is 8.36. The number of fused-ring (bicyclic) bond motifs is 7. The molecule has 2 heterocycles. The average Bonchev–Trinajstić information content (AvgIpc) is 3.83. The number of hydrogen-bond donors (Lipinski definition) is 0. The van der Waals surface area contributed by atoms with E-state index in [9.17, 15) is 0 Å². The Bertz CT molecular complexity index is 3200. The minimum atomic E-state index is 0.868. The van der Waals surface area contributed by atoms with Gasteiger partial charge in [-0.3, -0.25) is 0 Å². The van der Waals surface area contributed by atoms with Gasteiger partial charge >= 0.3 is 0 Å². The first kappa shape index (κ1) is 31.6. The fourth-order valence-corrected chi connectivity index (χ4v) is 9.59. The molecule has 11 rings (SSSR count). The van der Waals surface area contributed by atoms with E-state index in [4.69, 9.17) is 4.42 Å². The van der Waals surface area contributed by atoms with Crippen molar-refractivity contribution in [2.45, 2.75) is 0 Å². The van der Waals surface area contributed by atoms with E-state index >= 15 is 0 Å². The molecule has 0 N–H and O–H groups in total. The van der Waals surface area contributed by atoms with Gasteiger partial charge in [-0.25, -0.2) is 0 Å². The van der Waals surface area contributed by atoms with Crippen molar-refractivity contribution in [1.29, 1.82) is 0 Å². The van der Waals surface area contributed by atoms with Crippen LogP contribution in [0.15, 0.2) is 205 Å². The molecule has 0 saturated heterocycles. The first-order valence-corrected chi connectivity index (χ1v) is 19.5. The predicted molar refractivity (Wildman–Crippen MR) is 235 cm³/mol. The summed E-state index contributed by atoms with van der Waals surface area (Å²) < 4.78 is 9.05. The number of para-hydroxylation sites is 1. The van der Waals surface area contributed by atoms with Gasteiger partial charge in [0.05, 0.1) is 11.1 Å². The van der Waals surface area contributed by atoms with E-state index in [-0.39, 0.29) is 0 Å². The molecule has 0 spiro atoms. The smallest absolute Gasteiger partial charge is 0.137 e. The van der Waals surface area contributed by atoms with Gasteiger partial charge in [0.15, 0.2) is 0 Å². The number of benzene rings is 9. The summed E-state index contributed by atoms with van der Waals surface area (Å²) in [5.74, 6) is 0. The lowest BCUT2D eigenvalue weighted by molar-refractivity contribution is 0.669. The molecule has 0 saturated carbocycles. The highest BCUT2D eigenvalue weighted by Gasteiger charge is 2.22. The fraction of sp³-hybridized carbons (Fsp3) is 0. The zero-order chi connectivity index (χ0) is 36.3. The molecule has 9 aromatic carbocycles. The molecule has 3 heteroatoms. The van der Waals surface area contributed by atoms with E-state index in [0.29, 0.717) is 0 Å². The summed E-state index contributed by atoms with van der Waals surface area (Å²) in [5, 5.41) is 7.27. The number of nitrogens with zero attached hydrogens (tertiary/aromatic N) is 1. The first-order chi connectivity index (χ1) is 27.3. The number of hydrogen-bond acceptors (Lipinski definition) is 3. The largest absolute Gasteiger partial charge is 0.456 e. The maximum Gasteiger partial charge on any atom is 0.137 e. The van der Waals surface area contributed by atoms with Crippen molar-refractivity contribution >= 4 is 81.3 Å². The van der Waals surface area contributed by atoms with Crippen molar-refractivity contribution in [1.82, 2.24) is 0 Å². The van der Waals surface area contributed by atoms with Gasteiger partial charge in [0.25, 0.3) is 0 Å². The summed E-state index contributed by atoms with van der Waals surface area (Å²) >= 11 is 1.87. The summed E-state index contributed by atoms with van der Waals surface area (Å²) in [7, 11) is 0. The Labute approximate surface area is 322 Å². The van der Waals surface area contributed by atoms with Crippen LogP contribution in [-0.4, -0.2) is 0 Å². The lowest BCUT2D eigenvalue weighted by Crippen LogP contribution is -2.10. The SMILES string of the molecule is c1ccc(-c2ccc(N(c3ccc(-c4cccc5ccccc45)cc3)c3cccc4oc5ccccc5c34)cc2-c2cccc3c2sc2ccccc23)cc1. The van der Waals surface area contributed by atoms with Gasteiger partial charge in [-0.1, -0.05) is 152 Å². The molecule has 2 nitrogen and oxygen atoms in total. The van der Waals surface area contributed by atoms with E-state index in [2.05, 4.69) is 199 Å². The predicted octanol–water partition coefficient (Wildman–Crippen LogP) is 15.6. The van der Waals surface area contributed by atoms with Crippen LogP contribution in [0.4, 0.5) is 17.1 Å². The summed E-state index contributed by atoms with van der Waals surface area (Å²) in [6.07, 6.45) is 0. The van der Waals surface area contributed by atoms with Crippen molar-refractivity contribution in [3.05, 3.63) is 200 Å². The second kappa shape index (κ2) is 12.9. The Balaban J connectivity index is 1.16. The third-order valence-corrected chi connectivity index (χ3v) is 12.1. The molecule has 0 aliphatic rings. The molecule has 0 bridgehead atoms. The lowest BCUT2D eigenvalue weighted by Gasteiger charge is -2.28. The van der Waals surface area contributed by atoms with Crippen LogP contribution in [-0.2, 0) is 0 Å². The highest BCUT2D eigenvalue weighted by atomic mass is 32.1. The van der Waals surface area contributed by atoms with E-state index in [1.54, 1.807) is 0 Å². The van der Waals surface area contributed by atoms with Gasteiger partial charge < -0.3 is 9.32 Å². The molecule has 11 aromatic rings. The Hall–Kier alpha value is -6.94. The number of thiophene rings is 1. The van der Waals surface area contributed by atoms with Crippen molar-refractivity contribution in [3.63, 3.8) is 0 Å². The summed E-state index contributed by atoms with van der Waals surface area (Å²) in [6, 6.07) is 72.2. The molecule has 55 heavy (non-hydrogen) atoms. The molecule has 0 aliphatic heterocycles. The Morgan fingerprint density at radius 2 is 1.02 bits per heavy atom. The lowest BCUT2D eigenvalue weighted by atomic mass is 9.92. The van der Waals surface area contributed by atoms with Crippen LogP contribution in [0.3, 0.4) is 0 Å². The molecular formula is C52H33NOS. The van der Waals surface area contributed by atoms with Crippen molar-refractivity contribution in [2.24, 2.45) is 0 Å². The minimum Gasteiger partial charge on any atom is -0.456 e. The molecule has 0 radical (unpaired) electrons. The maximum atomic E-state index is 6.45. The molecule has 0 fully saturated rings. The quantitative estimate of drug-likeness (QED) is 0.170. The van der Waals surface area contributed by atoms with Crippen LogP contribution in [0.1, 0.15) is 0 Å². The average molecular weight is 720 g/mol. The van der Waals surface area contributed by atoms with Crippen LogP contribution in [0.2, 0.25) is 0 Å². The number of rotatable bonds is 6. The van der Waals surface area contributed by atoms with Gasteiger partial charge in [0.2, 0.25) is 0 Å². The highest BCUT2D eigenvalue weighted by Crippen LogP contribution is 2.48. The molecule has 0 atom stereocenters. The van der Waals surface area contributed by atoms with Crippen molar-refractivity contribution in [2.75, 3.05) is 4.90 Å². The van der Waals surface area contributed by atoms with E-state index in [0.717, 1.165) is 39.0 Å². The van der Waals surface area contributed by atoms with Crippen LogP contribution in [0.5, 0.6) is 0 Å². The van der Waals surface area contributed by atoms with Crippen LogP contribution >= 0.6 is 11.3 Å². The second-order valence-corrected chi connectivity index (χ2v) is 15.1. The van der Waals surface area contributed by atoms with Gasteiger partial charge in [-0.15, -0.1) is 11.3 Å². The maximum absolute atomic E-state index is 6.45. The van der Waals surface area contributed by atoms with Gasteiger partial charge in [0.1, 0.15) is 11.2 Å². The van der Waals surface area contributed by atoms with Crippen LogP contribution < -0.4 is 4.90 Å². The zero-order valence-corrected chi connectivity index (χ0v) is 30.6. The topological polar surface area (TPSA) is 16.4 Å². The second-order valence-electron chi connectivity index (χ2n) is 14.0. The number of anilines is 3. The molecule has 258 valence electrons. The zero-order valence-electron chi connectivity index (χ0n) is 29.8. The highest BCUT2D eigenvalue weighted by molar-refractivity contribution is 7.26. The molecular weight excluding hydrogens is 687 g/mol. The first-order valence-electron chi connectivity index (χ1n) is 18.7. The Morgan fingerprint density at radius 3 is 1.91 bits per heavy atom. The summed E-state index contributed by atoms with van der Waals surface area (Å²) in [4.78, 5) is 2.40. The monoisotopic (exact) mass is 719 g/mol. The van der Waals surface area contributed by atoms with E-state index < -0.39 is 0 Å². The van der Waals surface area contributed by atoms with Crippen LogP contribution in [0.25, 0.3) is 86.3 Å². The third-order valence-electron chi connectivity index (χ3n) is 10.9. The molecule has 0 amide bonds. The Kier molecular flexibility index (Phi) is 7.39. The van der Waals surface area contributed by atoms with E-state index in [1.807, 2.05) is 17.4 Å². The van der Waals surface area contributed by atoms with Crippen LogP contribution in [0, 0.1) is 0 Å². The standard InChI is InChI=1S/C52H33NOS/c1-2-13-34(14-3-1)41-32-31-38(33-46(41)44-22-11-21-43-42-18-7-9-26-50(42)55-52(43)44)53(47-23-12-25-49-51(47)45-19-6-8-24-48(45)54-49)37-29-27-36(28-30-37)40-20-10-16-35-15-4-5-17-39(35)40/h1-33H. The molecule has 0 aliphatic carbocycles. The summed E-state index contributed by atoms with van der Waals surface area (Å²) in [6.45, 7) is 0. The minimum absolute atomic E-state index is 0.868. The number of furan rings is 1. The van der Waals surface area contributed by atoms with Crippen molar-refractivity contribution < 1.29 is 4.42 Å². The Morgan fingerprint density at radius 1 is 0.382 bits per heavy atom. The third kappa shape index (κ3) is 5.24. The van der Waals surface area contributed by atoms with Gasteiger partial charge in [0, 0.05) is 42.5 Å². The van der Waals surface area contributed by atoms with Gasteiger partial charge in [-0.05, 0) is 87.1 Å². The van der Waals surface area contributed by atoms with Crippen molar-refractivity contribution in [3.8, 4) is 33.4 Å². The van der Waals surface area contributed by atoms with Gasteiger partial charge in [-0.2, -0.15) is 0 Å². The van der Waals surface area contributed by atoms with E-state index in [1.165, 1.54) is 64.3 Å².